The van der Waals surface area contributed by atoms with Crippen molar-refractivity contribution in [2.45, 2.75) is 47.0 Å². The average molecular weight is 455 g/mol. The highest BCUT2D eigenvalue weighted by atomic mass is 16.5. The normalized spacial score (nSPS) is 11.8. The lowest BCUT2D eigenvalue weighted by atomic mass is 9.88. The summed E-state index contributed by atoms with van der Waals surface area (Å²) in [7, 11) is 0. The number of rotatable bonds is 13. The van der Waals surface area contributed by atoms with E-state index in [-0.39, 0.29) is 17.8 Å². The number of carbonyl (C=O) groups is 3. The van der Waals surface area contributed by atoms with Crippen LogP contribution >= 0.6 is 0 Å². The second kappa shape index (κ2) is 13.4. The van der Waals surface area contributed by atoms with E-state index in [9.17, 15) is 14.4 Å². The molecule has 0 radical (unpaired) electrons. The summed E-state index contributed by atoms with van der Waals surface area (Å²) in [5.74, 6) is 1.10. The molecule has 0 amide bonds. The van der Waals surface area contributed by atoms with Crippen LogP contribution in [0.2, 0.25) is 0 Å². The van der Waals surface area contributed by atoms with Gasteiger partial charge in [0, 0.05) is 5.56 Å². The third-order valence-electron chi connectivity index (χ3n) is 5.20. The summed E-state index contributed by atoms with van der Waals surface area (Å²) in [6, 6.07) is 13.0. The van der Waals surface area contributed by atoms with Gasteiger partial charge in [0.05, 0.1) is 24.7 Å². The molecule has 1 unspecified atom stereocenters. The van der Waals surface area contributed by atoms with Crippen LogP contribution in [0, 0.1) is 17.8 Å². The molecule has 0 fully saturated rings. The van der Waals surface area contributed by atoms with Crippen molar-refractivity contribution < 1.29 is 28.6 Å². The van der Waals surface area contributed by atoms with Crippen LogP contribution in [0.3, 0.4) is 0 Å². The molecule has 6 nitrogen and oxygen atoms in total. The SMILES string of the molecule is CC(C)CC(C(=O)OCCCCOc1ccc(C(=O)Oc2ccc(C=O)cc2)cc1)C(C)C. The zero-order valence-corrected chi connectivity index (χ0v) is 19.9. The molecule has 6 heteroatoms. The molecule has 0 bridgehead atoms. The van der Waals surface area contributed by atoms with E-state index >= 15 is 0 Å². The number of carbonyl (C=O) groups excluding carboxylic acids is 3. The first kappa shape index (κ1) is 26.1. The fraction of sp³-hybridized carbons (Fsp3) is 0.444. The lowest BCUT2D eigenvalue weighted by molar-refractivity contribution is -0.151. The van der Waals surface area contributed by atoms with Crippen LogP contribution < -0.4 is 9.47 Å². The van der Waals surface area contributed by atoms with Crippen molar-refractivity contribution in [1.29, 1.82) is 0 Å². The maximum absolute atomic E-state index is 12.3. The van der Waals surface area contributed by atoms with Crippen LogP contribution in [-0.2, 0) is 9.53 Å². The van der Waals surface area contributed by atoms with Gasteiger partial charge in [-0.15, -0.1) is 0 Å². The van der Waals surface area contributed by atoms with E-state index in [0.717, 1.165) is 25.5 Å². The van der Waals surface area contributed by atoms with Gasteiger partial charge in [-0.2, -0.15) is 0 Å². The largest absolute Gasteiger partial charge is 0.494 e. The number of hydrogen-bond acceptors (Lipinski definition) is 6. The van der Waals surface area contributed by atoms with Crippen LogP contribution in [0.1, 0.15) is 67.7 Å². The molecule has 2 aromatic carbocycles. The quantitative estimate of drug-likeness (QED) is 0.166. The van der Waals surface area contributed by atoms with Crippen molar-refractivity contribution >= 4 is 18.2 Å². The van der Waals surface area contributed by atoms with Gasteiger partial charge < -0.3 is 14.2 Å². The van der Waals surface area contributed by atoms with Crippen molar-refractivity contribution in [2.75, 3.05) is 13.2 Å². The fourth-order valence-corrected chi connectivity index (χ4v) is 3.29. The standard InChI is InChI=1S/C27H34O6/c1-19(2)17-25(20(3)4)27(30)32-16-6-5-15-31-23-13-9-22(10-14-23)26(29)33-24-11-7-21(18-28)8-12-24/h7-14,18-20,25H,5-6,15-17H2,1-4H3. The Morgan fingerprint density at radius 1 is 0.848 bits per heavy atom. The van der Waals surface area contributed by atoms with E-state index in [1.165, 1.54) is 0 Å². The number of unbranched alkanes of at least 4 members (excludes halogenated alkanes) is 1. The van der Waals surface area contributed by atoms with E-state index in [0.29, 0.717) is 41.8 Å². The third kappa shape index (κ3) is 9.08. The monoisotopic (exact) mass is 454 g/mol. The van der Waals surface area contributed by atoms with Gasteiger partial charge in [0.25, 0.3) is 0 Å². The highest BCUT2D eigenvalue weighted by molar-refractivity contribution is 5.91. The highest BCUT2D eigenvalue weighted by Crippen LogP contribution is 2.22. The summed E-state index contributed by atoms with van der Waals surface area (Å²) in [5, 5.41) is 0. The Balaban J connectivity index is 1.69. The zero-order valence-electron chi connectivity index (χ0n) is 19.9. The molecule has 0 heterocycles. The fourth-order valence-electron chi connectivity index (χ4n) is 3.29. The molecule has 0 aliphatic rings. The summed E-state index contributed by atoms with van der Waals surface area (Å²) >= 11 is 0. The summed E-state index contributed by atoms with van der Waals surface area (Å²) in [5.41, 5.74) is 0.912. The van der Waals surface area contributed by atoms with Crippen molar-refractivity contribution in [3.8, 4) is 11.5 Å². The maximum atomic E-state index is 12.3. The second-order valence-electron chi connectivity index (χ2n) is 8.80. The zero-order chi connectivity index (χ0) is 24.2. The van der Waals surface area contributed by atoms with Gasteiger partial charge in [0.2, 0.25) is 0 Å². The Hall–Kier alpha value is -3.15. The highest BCUT2D eigenvalue weighted by Gasteiger charge is 2.24. The van der Waals surface area contributed by atoms with Gasteiger partial charge in [-0.05, 0) is 79.6 Å². The van der Waals surface area contributed by atoms with E-state index in [1.54, 1.807) is 48.5 Å². The molecular formula is C27H34O6. The van der Waals surface area contributed by atoms with E-state index in [1.807, 2.05) is 0 Å². The molecule has 2 rings (SSSR count). The van der Waals surface area contributed by atoms with E-state index in [2.05, 4.69) is 27.7 Å². The number of aldehydes is 1. The molecule has 2 aromatic rings. The maximum Gasteiger partial charge on any atom is 0.343 e. The lowest BCUT2D eigenvalue weighted by Gasteiger charge is -2.21. The molecule has 33 heavy (non-hydrogen) atoms. The van der Waals surface area contributed by atoms with Gasteiger partial charge in [0.1, 0.15) is 17.8 Å². The second-order valence-corrected chi connectivity index (χ2v) is 8.80. The Kier molecular flexibility index (Phi) is 10.6. The van der Waals surface area contributed by atoms with Crippen molar-refractivity contribution in [2.24, 2.45) is 17.8 Å². The Morgan fingerprint density at radius 2 is 1.45 bits per heavy atom. The summed E-state index contributed by atoms with van der Waals surface area (Å²) in [6.07, 6.45) is 3.05. The third-order valence-corrected chi connectivity index (χ3v) is 5.20. The van der Waals surface area contributed by atoms with Gasteiger partial charge in [0.15, 0.2) is 0 Å². The molecule has 178 valence electrons. The topological polar surface area (TPSA) is 78.9 Å². The molecule has 0 aliphatic carbocycles. The summed E-state index contributed by atoms with van der Waals surface area (Å²) in [4.78, 5) is 35.2. The van der Waals surface area contributed by atoms with Gasteiger partial charge in [-0.1, -0.05) is 27.7 Å². The van der Waals surface area contributed by atoms with Crippen molar-refractivity contribution in [1.82, 2.24) is 0 Å². The summed E-state index contributed by atoms with van der Waals surface area (Å²) in [6.45, 7) is 9.22. The first-order chi connectivity index (χ1) is 15.8. The molecule has 0 aromatic heterocycles. The predicted molar refractivity (Wildman–Crippen MR) is 127 cm³/mol. The van der Waals surface area contributed by atoms with Gasteiger partial charge in [-0.3, -0.25) is 9.59 Å². The molecule has 1 atom stereocenters. The predicted octanol–water partition coefficient (Wildman–Crippen LogP) is 5.74. The molecular weight excluding hydrogens is 420 g/mol. The summed E-state index contributed by atoms with van der Waals surface area (Å²) < 4.78 is 16.5. The minimum Gasteiger partial charge on any atom is -0.494 e. The minimum atomic E-state index is -0.487. The number of ether oxygens (including phenoxy) is 3. The molecule has 0 saturated carbocycles. The van der Waals surface area contributed by atoms with Crippen molar-refractivity contribution in [3.63, 3.8) is 0 Å². The van der Waals surface area contributed by atoms with E-state index in [4.69, 9.17) is 14.2 Å². The van der Waals surface area contributed by atoms with Crippen LogP contribution in [-0.4, -0.2) is 31.4 Å². The molecule has 0 N–H and O–H groups in total. The lowest BCUT2D eigenvalue weighted by Crippen LogP contribution is -2.24. The van der Waals surface area contributed by atoms with Crippen molar-refractivity contribution in [3.05, 3.63) is 59.7 Å². The Bertz CT molecular complexity index is 884. The first-order valence-electron chi connectivity index (χ1n) is 11.5. The smallest absolute Gasteiger partial charge is 0.343 e. The minimum absolute atomic E-state index is 0.0536. The van der Waals surface area contributed by atoms with Crippen LogP contribution in [0.5, 0.6) is 11.5 Å². The molecule has 0 saturated heterocycles. The first-order valence-corrected chi connectivity index (χ1v) is 11.5. The number of benzene rings is 2. The van der Waals surface area contributed by atoms with Crippen LogP contribution in [0.25, 0.3) is 0 Å². The van der Waals surface area contributed by atoms with Crippen LogP contribution in [0.15, 0.2) is 48.5 Å². The van der Waals surface area contributed by atoms with Crippen LogP contribution in [0.4, 0.5) is 0 Å². The molecule has 0 spiro atoms. The van der Waals surface area contributed by atoms with E-state index < -0.39 is 5.97 Å². The Labute approximate surface area is 196 Å². The number of esters is 2. The molecule has 0 aliphatic heterocycles. The number of hydrogen-bond donors (Lipinski definition) is 0. The Morgan fingerprint density at radius 3 is 2.03 bits per heavy atom. The van der Waals surface area contributed by atoms with Gasteiger partial charge in [-0.25, -0.2) is 4.79 Å². The van der Waals surface area contributed by atoms with Gasteiger partial charge >= 0.3 is 11.9 Å². The average Bonchev–Trinajstić information content (AvgIpc) is 2.80.